The number of methoxy groups -OCH3 is 1. The number of ketones is 1. The lowest BCUT2D eigenvalue weighted by Crippen LogP contribution is -2.40. The predicted molar refractivity (Wildman–Crippen MR) is 40.3 cm³/mol. The molecule has 1 aliphatic rings. The first-order valence-electron chi connectivity index (χ1n) is 3.51. The molecule has 0 saturated carbocycles. The van der Waals surface area contributed by atoms with Crippen molar-refractivity contribution in [2.45, 2.75) is 19.4 Å². The molecule has 4 heteroatoms. The lowest BCUT2D eigenvalue weighted by atomic mass is 10.0. The Labute approximate surface area is 70.1 Å². The van der Waals surface area contributed by atoms with Gasteiger partial charge in [0, 0.05) is 6.08 Å². The summed E-state index contributed by atoms with van der Waals surface area (Å²) >= 11 is 0. The third-order valence-electron chi connectivity index (χ3n) is 1.62. The molecular formula is C8H10O4. The van der Waals surface area contributed by atoms with Crippen LogP contribution in [0.25, 0.3) is 0 Å². The van der Waals surface area contributed by atoms with E-state index in [4.69, 9.17) is 4.74 Å². The van der Waals surface area contributed by atoms with Crippen LogP contribution in [-0.2, 0) is 19.1 Å². The summed E-state index contributed by atoms with van der Waals surface area (Å²) in [5.41, 5.74) is -1.06. The molecule has 1 aliphatic heterocycles. The molecule has 0 radical (unpaired) electrons. The monoisotopic (exact) mass is 170 g/mol. The van der Waals surface area contributed by atoms with Crippen molar-refractivity contribution in [2.75, 3.05) is 7.11 Å². The summed E-state index contributed by atoms with van der Waals surface area (Å²) < 4.78 is 9.44. The highest BCUT2D eigenvalue weighted by Gasteiger charge is 2.37. The minimum atomic E-state index is -1.06. The molecule has 0 aromatic rings. The smallest absolute Gasteiger partial charge is 0.374 e. The Hall–Kier alpha value is -1.32. The van der Waals surface area contributed by atoms with Gasteiger partial charge in [-0.2, -0.15) is 0 Å². The summed E-state index contributed by atoms with van der Waals surface area (Å²) in [5.74, 6) is -0.902. The van der Waals surface area contributed by atoms with Crippen molar-refractivity contribution < 1.29 is 19.1 Å². The van der Waals surface area contributed by atoms with Crippen LogP contribution in [0.1, 0.15) is 13.8 Å². The maximum atomic E-state index is 11.2. The summed E-state index contributed by atoms with van der Waals surface area (Å²) in [7, 11) is 1.32. The molecular weight excluding hydrogens is 160 g/mol. The molecule has 4 nitrogen and oxygen atoms in total. The molecule has 0 aliphatic carbocycles. The average molecular weight is 170 g/mol. The van der Waals surface area contributed by atoms with Crippen LogP contribution in [0.3, 0.4) is 0 Å². The zero-order valence-electron chi connectivity index (χ0n) is 7.21. The van der Waals surface area contributed by atoms with Gasteiger partial charge in [0.05, 0.1) is 7.11 Å². The summed E-state index contributed by atoms with van der Waals surface area (Å²) in [6.45, 7) is 3.08. The Morgan fingerprint density at radius 3 is 2.50 bits per heavy atom. The highest BCUT2D eigenvalue weighted by molar-refractivity contribution is 6.06. The van der Waals surface area contributed by atoms with Crippen LogP contribution in [0.2, 0.25) is 0 Å². The van der Waals surface area contributed by atoms with Crippen molar-refractivity contribution in [3.8, 4) is 0 Å². The van der Waals surface area contributed by atoms with E-state index >= 15 is 0 Å². The molecule has 0 N–H and O–H groups in total. The zero-order valence-corrected chi connectivity index (χ0v) is 7.21. The van der Waals surface area contributed by atoms with Gasteiger partial charge in [-0.05, 0) is 13.8 Å². The number of ether oxygens (including phenoxy) is 2. The normalized spacial score (nSPS) is 21.4. The predicted octanol–water partition coefficient (Wildman–Crippen LogP) is 0.421. The van der Waals surface area contributed by atoms with Crippen molar-refractivity contribution in [1.29, 1.82) is 0 Å². The minimum absolute atomic E-state index is 0.0423. The number of esters is 1. The van der Waals surface area contributed by atoms with Crippen LogP contribution in [0.15, 0.2) is 11.8 Å². The van der Waals surface area contributed by atoms with Crippen LogP contribution < -0.4 is 0 Å². The Bertz CT molecular complexity index is 262. The highest BCUT2D eigenvalue weighted by atomic mass is 16.6. The first-order valence-corrected chi connectivity index (χ1v) is 3.51. The maximum absolute atomic E-state index is 11.2. The van der Waals surface area contributed by atoms with Crippen molar-refractivity contribution in [2.24, 2.45) is 0 Å². The van der Waals surface area contributed by atoms with Gasteiger partial charge in [0.1, 0.15) is 0 Å². The van der Waals surface area contributed by atoms with E-state index < -0.39 is 11.6 Å². The molecule has 0 spiro atoms. The standard InChI is InChI=1S/C8H10O4/c1-8(2)6(9)4-5(11-3)7(10)12-8/h4H,1-3H3. The molecule has 0 amide bonds. The SMILES string of the molecule is COC1=CC(=O)C(C)(C)OC1=O. The summed E-state index contributed by atoms with van der Waals surface area (Å²) in [4.78, 5) is 22.2. The number of cyclic esters (lactones) is 1. The van der Waals surface area contributed by atoms with Gasteiger partial charge >= 0.3 is 5.97 Å². The fourth-order valence-electron chi connectivity index (χ4n) is 0.826. The second-order valence-corrected chi connectivity index (χ2v) is 2.98. The van der Waals surface area contributed by atoms with Crippen LogP contribution in [0, 0.1) is 0 Å². The third kappa shape index (κ3) is 1.32. The van der Waals surface area contributed by atoms with E-state index in [-0.39, 0.29) is 11.5 Å². The summed E-state index contributed by atoms with van der Waals surface area (Å²) in [5, 5.41) is 0. The number of rotatable bonds is 1. The van der Waals surface area contributed by atoms with E-state index in [0.29, 0.717) is 0 Å². The second kappa shape index (κ2) is 2.62. The largest absolute Gasteiger partial charge is 0.490 e. The van der Waals surface area contributed by atoms with Crippen LogP contribution in [-0.4, -0.2) is 24.5 Å². The molecule has 0 fully saturated rings. The minimum Gasteiger partial charge on any atom is -0.490 e. The Morgan fingerprint density at radius 2 is 2.00 bits per heavy atom. The van der Waals surface area contributed by atoms with Gasteiger partial charge in [0.25, 0.3) is 0 Å². The van der Waals surface area contributed by atoms with Crippen molar-refractivity contribution in [3.05, 3.63) is 11.8 Å². The zero-order chi connectivity index (χ0) is 9.35. The third-order valence-corrected chi connectivity index (χ3v) is 1.62. The van der Waals surface area contributed by atoms with Crippen LogP contribution in [0.5, 0.6) is 0 Å². The van der Waals surface area contributed by atoms with Gasteiger partial charge in [-0.25, -0.2) is 4.79 Å². The van der Waals surface area contributed by atoms with E-state index in [2.05, 4.69) is 4.74 Å². The number of hydrogen-bond acceptors (Lipinski definition) is 4. The molecule has 0 unspecified atom stereocenters. The molecule has 1 heterocycles. The van der Waals surface area contributed by atoms with Crippen molar-refractivity contribution in [3.63, 3.8) is 0 Å². The Morgan fingerprint density at radius 1 is 1.42 bits per heavy atom. The average Bonchev–Trinajstić information content (AvgIpc) is 1.96. The molecule has 0 aromatic carbocycles. The summed E-state index contributed by atoms with van der Waals surface area (Å²) in [6.07, 6.45) is 1.16. The van der Waals surface area contributed by atoms with E-state index in [9.17, 15) is 9.59 Å². The van der Waals surface area contributed by atoms with Crippen LogP contribution in [0.4, 0.5) is 0 Å². The molecule has 1 rings (SSSR count). The van der Waals surface area contributed by atoms with E-state index in [1.54, 1.807) is 0 Å². The van der Waals surface area contributed by atoms with Gasteiger partial charge in [0.15, 0.2) is 5.60 Å². The molecule has 66 valence electrons. The topological polar surface area (TPSA) is 52.6 Å². The van der Waals surface area contributed by atoms with Gasteiger partial charge < -0.3 is 9.47 Å². The molecule has 0 atom stereocenters. The molecule has 0 saturated heterocycles. The van der Waals surface area contributed by atoms with Crippen LogP contribution >= 0.6 is 0 Å². The Kier molecular flexibility index (Phi) is 1.92. The second-order valence-electron chi connectivity index (χ2n) is 2.98. The highest BCUT2D eigenvalue weighted by Crippen LogP contribution is 2.20. The van der Waals surface area contributed by atoms with E-state index in [1.807, 2.05) is 0 Å². The fraction of sp³-hybridized carbons (Fsp3) is 0.500. The number of carbonyl (C=O) groups is 2. The number of hydrogen-bond donors (Lipinski definition) is 0. The van der Waals surface area contributed by atoms with Gasteiger partial charge in [-0.1, -0.05) is 0 Å². The molecule has 0 aromatic heterocycles. The van der Waals surface area contributed by atoms with Gasteiger partial charge in [-0.15, -0.1) is 0 Å². The van der Waals surface area contributed by atoms with Gasteiger partial charge in [0.2, 0.25) is 11.5 Å². The number of carbonyl (C=O) groups excluding carboxylic acids is 2. The van der Waals surface area contributed by atoms with E-state index in [1.165, 1.54) is 21.0 Å². The van der Waals surface area contributed by atoms with Crippen molar-refractivity contribution in [1.82, 2.24) is 0 Å². The quantitative estimate of drug-likeness (QED) is 0.535. The van der Waals surface area contributed by atoms with E-state index in [0.717, 1.165) is 6.08 Å². The summed E-state index contributed by atoms with van der Waals surface area (Å²) in [6, 6.07) is 0. The maximum Gasteiger partial charge on any atom is 0.374 e. The van der Waals surface area contributed by atoms with Crippen molar-refractivity contribution >= 4 is 11.8 Å². The lowest BCUT2D eigenvalue weighted by molar-refractivity contribution is -0.164. The first-order chi connectivity index (χ1) is 5.47. The Balaban J connectivity index is 3.00. The fourth-order valence-corrected chi connectivity index (χ4v) is 0.826. The molecule has 12 heavy (non-hydrogen) atoms. The van der Waals surface area contributed by atoms with Gasteiger partial charge in [-0.3, -0.25) is 4.79 Å². The first kappa shape index (κ1) is 8.77. The molecule has 0 bridgehead atoms. The lowest BCUT2D eigenvalue weighted by Gasteiger charge is -2.26.